The normalized spacial score (nSPS) is 18.3. The number of hydrogen-bond acceptors (Lipinski definition) is 7. The second-order valence-electron chi connectivity index (χ2n) is 6.87. The van der Waals surface area contributed by atoms with Crippen LogP contribution >= 0.6 is 11.8 Å². The van der Waals surface area contributed by atoms with Gasteiger partial charge in [0.25, 0.3) is 11.1 Å². The molecule has 3 amide bonds. The van der Waals surface area contributed by atoms with Crippen LogP contribution in [0.3, 0.4) is 0 Å². The standard InChI is InChI=1S/C21H26N2O6S/c1-3-4-9-29-16-6-5-15(12-17(16)27-2)13-18-20(25)23(21(26)30-18)14-19(24)22-7-10-28-11-8-22/h5-6,12-13H,3-4,7-11,14H2,1-2H3/b18-13-. The fraction of sp³-hybridized carbons (Fsp3) is 0.476. The highest BCUT2D eigenvalue weighted by Crippen LogP contribution is 2.34. The molecule has 0 aromatic heterocycles. The lowest BCUT2D eigenvalue weighted by molar-refractivity contribution is -0.139. The van der Waals surface area contributed by atoms with E-state index in [1.165, 1.54) is 0 Å². The van der Waals surface area contributed by atoms with E-state index in [1.807, 2.05) is 0 Å². The Balaban J connectivity index is 1.69. The molecule has 1 aromatic rings. The van der Waals surface area contributed by atoms with Crippen LogP contribution in [-0.2, 0) is 14.3 Å². The van der Waals surface area contributed by atoms with E-state index in [0.717, 1.165) is 29.5 Å². The molecule has 0 atom stereocenters. The van der Waals surface area contributed by atoms with Crippen molar-refractivity contribution < 1.29 is 28.6 Å². The Morgan fingerprint density at radius 3 is 2.70 bits per heavy atom. The van der Waals surface area contributed by atoms with Gasteiger partial charge in [-0.3, -0.25) is 19.3 Å². The van der Waals surface area contributed by atoms with Gasteiger partial charge in [-0.15, -0.1) is 0 Å². The molecule has 2 aliphatic heterocycles. The molecule has 2 saturated heterocycles. The number of rotatable bonds is 8. The quantitative estimate of drug-likeness (QED) is 0.459. The summed E-state index contributed by atoms with van der Waals surface area (Å²) in [7, 11) is 1.55. The summed E-state index contributed by atoms with van der Waals surface area (Å²) in [5, 5.41) is -0.445. The summed E-state index contributed by atoms with van der Waals surface area (Å²) < 4.78 is 16.3. The van der Waals surface area contributed by atoms with Crippen molar-refractivity contribution in [3.63, 3.8) is 0 Å². The lowest BCUT2D eigenvalue weighted by atomic mass is 10.2. The van der Waals surface area contributed by atoms with Gasteiger partial charge in [0.1, 0.15) is 6.54 Å². The smallest absolute Gasteiger partial charge is 0.294 e. The van der Waals surface area contributed by atoms with Gasteiger partial charge in [0.15, 0.2) is 11.5 Å². The Labute approximate surface area is 180 Å². The van der Waals surface area contributed by atoms with E-state index in [0.29, 0.717) is 50.0 Å². The Bertz CT molecular complexity index is 835. The van der Waals surface area contributed by atoms with Crippen LogP contribution in [0.4, 0.5) is 4.79 Å². The third kappa shape index (κ3) is 5.34. The number of ether oxygens (including phenoxy) is 3. The lowest BCUT2D eigenvalue weighted by Gasteiger charge is -2.28. The van der Waals surface area contributed by atoms with Gasteiger partial charge in [-0.2, -0.15) is 0 Å². The highest BCUT2D eigenvalue weighted by Gasteiger charge is 2.37. The Morgan fingerprint density at radius 1 is 1.23 bits per heavy atom. The van der Waals surface area contributed by atoms with E-state index < -0.39 is 11.1 Å². The number of morpholine rings is 1. The van der Waals surface area contributed by atoms with Crippen molar-refractivity contribution in [2.75, 3.05) is 46.6 Å². The van der Waals surface area contributed by atoms with Crippen LogP contribution in [0.1, 0.15) is 25.3 Å². The first kappa shape index (κ1) is 22.2. The predicted molar refractivity (Wildman–Crippen MR) is 113 cm³/mol. The average molecular weight is 435 g/mol. The topological polar surface area (TPSA) is 85.4 Å². The Kier molecular flexibility index (Phi) is 7.75. The highest BCUT2D eigenvalue weighted by molar-refractivity contribution is 8.18. The summed E-state index contributed by atoms with van der Waals surface area (Å²) in [6.07, 6.45) is 3.61. The monoisotopic (exact) mass is 434 g/mol. The zero-order valence-corrected chi connectivity index (χ0v) is 18.0. The summed E-state index contributed by atoms with van der Waals surface area (Å²) >= 11 is 0.831. The molecule has 0 spiro atoms. The zero-order chi connectivity index (χ0) is 21.5. The van der Waals surface area contributed by atoms with Crippen LogP contribution in [0.15, 0.2) is 23.1 Å². The molecule has 8 nitrogen and oxygen atoms in total. The summed E-state index contributed by atoms with van der Waals surface area (Å²) in [4.78, 5) is 40.3. The number of unbranched alkanes of at least 4 members (excludes halogenated alkanes) is 1. The minimum Gasteiger partial charge on any atom is -0.493 e. The third-order valence-corrected chi connectivity index (χ3v) is 5.68. The molecule has 1 aromatic carbocycles. The van der Waals surface area contributed by atoms with Crippen LogP contribution in [0, 0.1) is 0 Å². The van der Waals surface area contributed by atoms with Gasteiger partial charge in [0.05, 0.1) is 31.8 Å². The second-order valence-corrected chi connectivity index (χ2v) is 7.87. The van der Waals surface area contributed by atoms with Crippen molar-refractivity contribution in [1.29, 1.82) is 0 Å². The fourth-order valence-electron chi connectivity index (χ4n) is 3.06. The molecule has 2 heterocycles. The summed E-state index contributed by atoms with van der Waals surface area (Å²) in [6.45, 7) is 4.30. The molecular formula is C21H26N2O6S. The molecule has 0 saturated carbocycles. The molecular weight excluding hydrogens is 408 g/mol. The van der Waals surface area contributed by atoms with E-state index in [4.69, 9.17) is 14.2 Å². The molecule has 0 bridgehead atoms. The van der Waals surface area contributed by atoms with Crippen molar-refractivity contribution in [3.8, 4) is 11.5 Å². The number of thioether (sulfide) groups is 1. The summed E-state index contributed by atoms with van der Waals surface area (Å²) in [6, 6.07) is 5.34. The van der Waals surface area contributed by atoms with E-state index in [-0.39, 0.29) is 17.4 Å². The number of nitrogens with zero attached hydrogens (tertiary/aromatic N) is 2. The van der Waals surface area contributed by atoms with Gasteiger partial charge in [0, 0.05) is 13.1 Å². The first-order chi connectivity index (χ1) is 14.5. The molecule has 2 fully saturated rings. The molecule has 2 aliphatic rings. The number of carbonyl (C=O) groups excluding carboxylic acids is 3. The molecule has 3 rings (SSSR count). The van der Waals surface area contributed by atoms with Crippen LogP contribution in [-0.4, -0.2) is 73.4 Å². The molecule has 0 radical (unpaired) electrons. The maximum absolute atomic E-state index is 12.7. The third-order valence-electron chi connectivity index (χ3n) is 4.77. The van der Waals surface area contributed by atoms with Gasteiger partial charge in [-0.1, -0.05) is 19.4 Å². The van der Waals surface area contributed by atoms with E-state index in [2.05, 4.69) is 6.92 Å². The van der Waals surface area contributed by atoms with Crippen LogP contribution in [0.2, 0.25) is 0 Å². The maximum atomic E-state index is 12.7. The number of amides is 3. The van der Waals surface area contributed by atoms with Gasteiger partial charge in [0.2, 0.25) is 5.91 Å². The molecule has 0 N–H and O–H groups in total. The van der Waals surface area contributed by atoms with Crippen LogP contribution < -0.4 is 9.47 Å². The van der Waals surface area contributed by atoms with E-state index in [1.54, 1.807) is 36.3 Å². The average Bonchev–Trinajstić information content (AvgIpc) is 3.02. The second kappa shape index (κ2) is 10.5. The number of carbonyl (C=O) groups is 3. The molecule has 30 heavy (non-hydrogen) atoms. The molecule has 9 heteroatoms. The molecule has 162 valence electrons. The van der Waals surface area contributed by atoms with Gasteiger partial charge < -0.3 is 19.1 Å². The largest absolute Gasteiger partial charge is 0.493 e. The minimum atomic E-state index is -0.464. The van der Waals surface area contributed by atoms with Crippen molar-refractivity contribution in [2.45, 2.75) is 19.8 Å². The van der Waals surface area contributed by atoms with Gasteiger partial charge in [-0.25, -0.2) is 0 Å². The first-order valence-electron chi connectivity index (χ1n) is 9.95. The summed E-state index contributed by atoms with van der Waals surface area (Å²) in [5.74, 6) is 0.472. The first-order valence-corrected chi connectivity index (χ1v) is 10.8. The summed E-state index contributed by atoms with van der Waals surface area (Å²) in [5.41, 5.74) is 0.708. The zero-order valence-electron chi connectivity index (χ0n) is 17.2. The number of hydrogen-bond donors (Lipinski definition) is 0. The lowest BCUT2D eigenvalue weighted by Crippen LogP contribution is -2.46. The maximum Gasteiger partial charge on any atom is 0.294 e. The molecule has 0 aliphatic carbocycles. The van der Waals surface area contributed by atoms with Crippen molar-refractivity contribution in [1.82, 2.24) is 9.80 Å². The van der Waals surface area contributed by atoms with Crippen molar-refractivity contribution in [3.05, 3.63) is 28.7 Å². The van der Waals surface area contributed by atoms with Gasteiger partial charge in [-0.05, 0) is 42.0 Å². The Hall–Kier alpha value is -2.52. The Morgan fingerprint density at radius 2 is 2.00 bits per heavy atom. The van der Waals surface area contributed by atoms with E-state index >= 15 is 0 Å². The van der Waals surface area contributed by atoms with Crippen LogP contribution in [0.5, 0.6) is 11.5 Å². The van der Waals surface area contributed by atoms with Crippen molar-refractivity contribution in [2.24, 2.45) is 0 Å². The number of imide groups is 1. The minimum absolute atomic E-state index is 0.253. The molecule has 0 unspecified atom stereocenters. The SMILES string of the molecule is CCCCOc1ccc(/C=C2\SC(=O)N(CC(=O)N3CCOCC3)C2=O)cc1OC. The number of methoxy groups -OCH3 is 1. The fourth-order valence-corrected chi connectivity index (χ4v) is 3.89. The number of benzene rings is 1. The predicted octanol–water partition coefficient (Wildman–Crippen LogP) is 2.77. The van der Waals surface area contributed by atoms with Crippen molar-refractivity contribution >= 4 is 34.9 Å². The van der Waals surface area contributed by atoms with E-state index in [9.17, 15) is 14.4 Å². The highest BCUT2D eigenvalue weighted by atomic mass is 32.2. The van der Waals surface area contributed by atoms with Crippen LogP contribution in [0.25, 0.3) is 6.08 Å². The van der Waals surface area contributed by atoms with Gasteiger partial charge >= 0.3 is 0 Å².